The van der Waals surface area contributed by atoms with E-state index < -0.39 is 24.1 Å². The zero-order valence-corrected chi connectivity index (χ0v) is 17.4. The van der Waals surface area contributed by atoms with Crippen molar-refractivity contribution in [2.75, 3.05) is 27.7 Å². The van der Waals surface area contributed by atoms with Gasteiger partial charge in [-0.25, -0.2) is 0 Å². The molecule has 0 aliphatic heterocycles. The van der Waals surface area contributed by atoms with Crippen LogP contribution in [0, 0.1) is 0 Å². The van der Waals surface area contributed by atoms with Gasteiger partial charge in [0.15, 0.2) is 6.10 Å². The monoisotopic (exact) mass is 384 g/mol. The topological polar surface area (TPSA) is 83.8 Å². The summed E-state index contributed by atoms with van der Waals surface area (Å²) in [5, 5.41) is 18.9. The van der Waals surface area contributed by atoms with Crippen molar-refractivity contribution in [3.05, 3.63) is 24.3 Å². The highest BCUT2D eigenvalue weighted by atomic mass is 16.5. The first-order chi connectivity index (χ1) is 12.6. The van der Waals surface area contributed by atoms with Crippen molar-refractivity contribution in [1.82, 2.24) is 0 Å². The van der Waals surface area contributed by atoms with Crippen LogP contribution >= 0.6 is 0 Å². The van der Waals surface area contributed by atoms with Crippen LogP contribution in [0.1, 0.15) is 58.3 Å². The number of hydrogen-bond acceptors (Lipinski definition) is 4. The highest BCUT2D eigenvalue weighted by molar-refractivity contribution is 5.71. The lowest BCUT2D eigenvalue weighted by Gasteiger charge is -2.28. The molecule has 0 amide bonds. The average molecular weight is 385 g/mol. The van der Waals surface area contributed by atoms with E-state index in [4.69, 9.17) is 9.84 Å². The van der Waals surface area contributed by atoms with Crippen molar-refractivity contribution in [2.45, 2.75) is 70.5 Å². The Morgan fingerprint density at radius 1 is 1.07 bits per heavy atom. The Labute approximate surface area is 164 Å². The molecular weight excluding hydrogens is 346 g/mol. The number of allylic oxidation sites excluding steroid dienone is 4. The minimum Gasteiger partial charge on any atom is -0.481 e. The molecule has 0 aromatic carbocycles. The summed E-state index contributed by atoms with van der Waals surface area (Å²) in [5.41, 5.74) is 0. The Bertz CT molecular complexity index is 479. The number of carbonyl (C=O) groups is 2. The smallest absolute Gasteiger partial charge is 0.307 e. The predicted octanol–water partition coefficient (Wildman–Crippen LogP) is 3.30. The van der Waals surface area contributed by atoms with Gasteiger partial charge < -0.3 is 19.4 Å². The maximum Gasteiger partial charge on any atom is 0.307 e. The van der Waals surface area contributed by atoms with Crippen LogP contribution in [0.15, 0.2) is 24.3 Å². The standard InChI is InChI=1S/C21H37NO5/c1-5-6-7-8-9-10-11-13-18(23)14-12-15-21(26)27-19(16-20(24)25)17-22(2,3)4/h6-7,9-10,18-19,23H,5,8,11-17H2,1-4H3/p+1/b7-6+,10-9+. The number of ether oxygens (including phenoxy) is 1. The molecule has 2 atom stereocenters. The normalized spacial score (nSPS) is 14.6. The fraction of sp³-hybridized carbons (Fsp3) is 0.714. The predicted molar refractivity (Wildman–Crippen MR) is 107 cm³/mol. The average Bonchev–Trinajstić information content (AvgIpc) is 2.51. The number of aliphatic carboxylic acids is 1. The molecule has 0 rings (SSSR count). The molecule has 0 bridgehead atoms. The number of aliphatic hydroxyl groups is 1. The number of carboxylic acid groups (broad SMARTS) is 1. The van der Waals surface area contributed by atoms with Crippen molar-refractivity contribution in [3.63, 3.8) is 0 Å². The van der Waals surface area contributed by atoms with E-state index in [2.05, 4.69) is 31.2 Å². The van der Waals surface area contributed by atoms with Gasteiger partial charge in [0, 0.05) is 6.42 Å². The molecular formula is C21H38NO5+. The summed E-state index contributed by atoms with van der Waals surface area (Å²) in [5.74, 6) is -1.38. The van der Waals surface area contributed by atoms with Gasteiger partial charge in [-0.1, -0.05) is 31.2 Å². The second-order valence-corrected chi connectivity index (χ2v) is 7.89. The molecule has 0 aliphatic rings. The minimum absolute atomic E-state index is 0.191. The molecule has 0 radical (unpaired) electrons. The largest absolute Gasteiger partial charge is 0.481 e. The van der Waals surface area contributed by atoms with Gasteiger partial charge in [-0.15, -0.1) is 0 Å². The second kappa shape index (κ2) is 14.4. The molecule has 0 aromatic rings. The van der Waals surface area contributed by atoms with Crippen LogP contribution in [0.2, 0.25) is 0 Å². The van der Waals surface area contributed by atoms with Gasteiger partial charge in [0.1, 0.15) is 6.54 Å². The third-order valence-corrected chi connectivity index (χ3v) is 3.88. The number of nitrogens with zero attached hydrogens (tertiary/aromatic N) is 1. The summed E-state index contributed by atoms with van der Waals surface area (Å²) in [4.78, 5) is 22.9. The van der Waals surface area contributed by atoms with Crippen molar-refractivity contribution < 1.29 is 29.0 Å². The first-order valence-corrected chi connectivity index (χ1v) is 9.83. The van der Waals surface area contributed by atoms with Crippen molar-refractivity contribution in [1.29, 1.82) is 0 Å². The lowest BCUT2D eigenvalue weighted by atomic mass is 10.1. The van der Waals surface area contributed by atoms with Crippen molar-refractivity contribution in [2.24, 2.45) is 0 Å². The van der Waals surface area contributed by atoms with Gasteiger partial charge in [-0.2, -0.15) is 0 Å². The quantitative estimate of drug-likeness (QED) is 0.257. The lowest BCUT2D eigenvalue weighted by molar-refractivity contribution is -0.873. The summed E-state index contributed by atoms with van der Waals surface area (Å²) in [6, 6.07) is 0. The number of quaternary nitrogens is 1. The highest BCUT2D eigenvalue weighted by Crippen LogP contribution is 2.11. The number of carboxylic acids is 1. The van der Waals surface area contributed by atoms with E-state index in [1.807, 2.05) is 21.1 Å². The number of aliphatic hydroxyl groups excluding tert-OH is 1. The fourth-order valence-electron chi connectivity index (χ4n) is 2.66. The summed E-state index contributed by atoms with van der Waals surface area (Å²) in [6.45, 7) is 2.54. The maximum atomic E-state index is 12.0. The fourth-order valence-corrected chi connectivity index (χ4v) is 2.66. The number of esters is 1. The summed E-state index contributed by atoms with van der Waals surface area (Å²) < 4.78 is 5.85. The zero-order chi connectivity index (χ0) is 20.7. The molecule has 0 saturated carbocycles. The molecule has 0 saturated heterocycles. The molecule has 0 spiro atoms. The van der Waals surface area contributed by atoms with Crippen LogP contribution in [-0.4, -0.2) is 66.5 Å². The van der Waals surface area contributed by atoms with Crippen LogP contribution < -0.4 is 0 Å². The molecule has 156 valence electrons. The van der Waals surface area contributed by atoms with Crippen LogP contribution in [0.4, 0.5) is 0 Å². The van der Waals surface area contributed by atoms with E-state index in [-0.39, 0.29) is 12.8 Å². The first-order valence-electron chi connectivity index (χ1n) is 9.83. The van der Waals surface area contributed by atoms with E-state index in [0.717, 1.165) is 19.3 Å². The van der Waals surface area contributed by atoms with Gasteiger partial charge in [-0.05, 0) is 38.5 Å². The summed E-state index contributed by atoms with van der Waals surface area (Å²) in [7, 11) is 5.77. The SMILES string of the molecule is CC/C=C/C/C=C/CCC(O)CCCC(=O)OC(CC(=O)O)C[N+](C)(C)C. The Kier molecular flexibility index (Phi) is 13.5. The second-order valence-electron chi connectivity index (χ2n) is 7.89. The molecule has 0 aliphatic carbocycles. The van der Waals surface area contributed by atoms with E-state index >= 15 is 0 Å². The number of carbonyl (C=O) groups excluding carboxylic acids is 1. The summed E-state index contributed by atoms with van der Waals surface area (Å²) >= 11 is 0. The molecule has 2 unspecified atom stereocenters. The third-order valence-electron chi connectivity index (χ3n) is 3.88. The van der Waals surface area contributed by atoms with E-state index in [9.17, 15) is 14.7 Å². The molecule has 0 fully saturated rings. The van der Waals surface area contributed by atoms with Crippen LogP contribution in [0.5, 0.6) is 0 Å². The number of likely N-dealkylation sites (N-methyl/N-ethyl adjacent to an activating group) is 1. The Hall–Kier alpha value is -1.66. The lowest BCUT2D eigenvalue weighted by Crippen LogP contribution is -2.43. The number of rotatable bonds is 15. The molecule has 27 heavy (non-hydrogen) atoms. The van der Waals surface area contributed by atoms with Gasteiger partial charge in [0.2, 0.25) is 0 Å². The van der Waals surface area contributed by atoms with Crippen molar-refractivity contribution in [3.8, 4) is 0 Å². The Morgan fingerprint density at radius 3 is 2.33 bits per heavy atom. The van der Waals surface area contributed by atoms with E-state index in [0.29, 0.717) is 30.3 Å². The Balaban J connectivity index is 4.04. The van der Waals surface area contributed by atoms with Crippen LogP contribution in [0.25, 0.3) is 0 Å². The van der Waals surface area contributed by atoms with Gasteiger partial charge in [0.25, 0.3) is 0 Å². The molecule has 0 aromatic heterocycles. The van der Waals surface area contributed by atoms with Gasteiger partial charge in [-0.3, -0.25) is 9.59 Å². The van der Waals surface area contributed by atoms with Gasteiger partial charge >= 0.3 is 11.9 Å². The van der Waals surface area contributed by atoms with Gasteiger partial charge in [0.05, 0.1) is 33.7 Å². The molecule has 6 nitrogen and oxygen atoms in total. The first kappa shape index (κ1) is 25.3. The third kappa shape index (κ3) is 17.5. The van der Waals surface area contributed by atoms with Crippen molar-refractivity contribution >= 4 is 11.9 Å². The molecule has 0 heterocycles. The summed E-state index contributed by atoms with van der Waals surface area (Å²) in [6.07, 6.45) is 11.9. The molecule has 6 heteroatoms. The van der Waals surface area contributed by atoms with Crippen LogP contribution in [0.3, 0.4) is 0 Å². The highest BCUT2D eigenvalue weighted by Gasteiger charge is 2.24. The number of hydrogen-bond donors (Lipinski definition) is 2. The minimum atomic E-state index is -0.977. The van der Waals surface area contributed by atoms with E-state index in [1.165, 1.54) is 0 Å². The maximum absolute atomic E-state index is 12.0. The molecule has 2 N–H and O–H groups in total. The zero-order valence-electron chi connectivity index (χ0n) is 17.4. The van der Waals surface area contributed by atoms with Crippen LogP contribution in [-0.2, 0) is 14.3 Å². The van der Waals surface area contributed by atoms with E-state index in [1.54, 1.807) is 0 Å². The Morgan fingerprint density at radius 2 is 1.74 bits per heavy atom.